The third-order valence-corrected chi connectivity index (χ3v) is 5.41. The fraction of sp³-hybridized carbons (Fsp3) is 0.267. The van der Waals surface area contributed by atoms with Gasteiger partial charge in [0.25, 0.3) is 5.56 Å². The second kappa shape index (κ2) is 5.92. The summed E-state index contributed by atoms with van der Waals surface area (Å²) in [5.74, 6) is 0.191. The van der Waals surface area contributed by atoms with Crippen molar-refractivity contribution in [3.05, 3.63) is 44.0 Å². The van der Waals surface area contributed by atoms with Gasteiger partial charge in [0.2, 0.25) is 5.78 Å². The Labute approximate surface area is 155 Å². The number of rotatable bonds is 3. The number of thiophene rings is 1. The van der Waals surface area contributed by atoms with Gasteiger partial charge in [-0.1, -0.05) is 11.6 Å². The molecule has 4 rings (SSSR count). The highest BCUT2D eigenvalue weighted by molar-refractivity contribution is 7.17. The summed E-state index contributed by atoms with van der Waals surface area (Å²) < 4.78 is 10.5. The molecule has 26 heavy (non-hydrogen) atoms. The standard InChI is InChI=1S/C15H13ClN6O3S/c1-7-10(12(16)21(3)19-7)14(24)25-6-9-17-18-15-20(2)13(23)11-8(22(9)15)4-5-26-11/h4-5H,6H2,1-3H3. The number of hydrogen-bond acceptors (Lipinski definition) is 7. The Morgan fingerprint density at radius 2 is 2.12 bits per heavy atom. The van der Waals surface area contributed by atoms with E-state index in [-0.39, 0.29) is 22.9 Å². The second-order valence-corrected chi connectivity index (χ2v) is 6.98. The van der Waals surface area contributed by atoms with Crippen LogP contribution in [0.4, 0.5) is 0 Å². The van der Waals surface area contributed by atoms with E-state index in [0.29, 0.717) is 27.5 Å². The fourth-order valence-corrected chi connectivity index (χ4v) is 3.91. The van der Waals surface area contributed by atoms with Crippen LogP contribution in [0, 0.1) is 6.92 Å². The minimum atomic E-state index is -0.594. The molecule has 4 heterocycles. The molecule has 4 aromatic heterocycles. The number of aromatic nitrogens is 6. The van der Waals surface area contributed by atoms with E-state index in [1.807, 2.05) is 11.4 Å². The molecule has 0 unspecified atom stereocenters. The molecular formula is C15H13ClN6O3S. The van der Waals surface area contributed by atoms with Gasteiger partial charge in [-0.3, -0.25) is 18.4 Å². The lowest BCUT2D eigenvalue weighted by molar-refractivity contribution is 0.0460. The predicted molar refractivity (Wildman–Crippen MR) is 95.7 cm³/mol. The van der Waals surface area contributed by atoms with E-state index in [0.717, 1.165) is 0 Å². The number of hydrogen-bond donors (Lipinski definition) is 0. The van der Waals surface area contributed by atoms with Gasteiger partial charge in [-0.15, -0.1) is 21.5 Å². The second-order valence-electron chi connectivity index (χ2n) is 5.70. The number of esters is 1. The summed E-state index contributed by atoms with van der Waals surface area (Å²) in [6.07, 6.45) is 0. The third-order valence-electron chi connectivity index (χ3n) is 4.09. The van der Waals surface area contributed by atoms with Gasteiger partial charge in [-0.05, 0) is 18.4 Å². The molecule has 0 spiro atoms. The zero-order chi connectivity index (χ0) is 18.6. The lowest BCUT2D eigenvalue weighted by atomic mass is 10.3. The molecule has 0 aliphatic carbocycles. The first kappa shape index (κ1) is 16.7. The molecule has 0 atom stereocenters. The number of nitrogens with zero attached hydrogens (tertiary/aromatic N) is 6. The van der Waals surface area contributed by atoms with Crippen molar-refractivity contribution in [3.63, 3.8) is 0 Å². The highest BCUT2D eigenvalue weighted by Crippen LogP contribution is 2.22. The molecule has 4 aromatic rings. The first-order chi connectivity index (χ1) is 12.4. The maximum atomic E-state index is 12.4. The molecule has 0 bridgehead atoms. The molecular weight excluding hydrogens is 380 g/mol. The smallest absolute Gasteiger partial charge is 0.343 e. The van der Waals surface area contributed by atoms with Crippen LogP contribution in [0.3, 0.4) is 0 Å². The van der Waals surface area contributed by atoms with E-state index in [1.54, 1.807) is 25.4 Å². The van der Waals surface area contributed by atoms with Gasteiger partial charge in [0.05, 0.1) is 11.2 Å². The highest BCUT2D eigenvalue weighted by atomic mass is 35.5. The molecule has 11 heteroatoms. The summed E-state index contributed by atoms with van der Waals surface area (Å²) in [6.45, 7) is 1.56. The molecule has 0 aliphatic heterocycles. The molecule has 0 fully saturated rings. The molecule has 134 valence electrons. The largest absolute Gasteiger partial charge is 0.454 e. The average Bonchev–Trinajstić information content (AvgIpc) is 3.29. The van der Waals surface area contributed by atoms with Crippen molar-refractivity contribution in [2.75, 3.05) is 0 Å². The van der Waals surface area contributed by atoms with Crippen LogP contribution >= 0.6 is 22.9 Å². The summed E-state index contributed by atoms with van der Waals surface area (Å²) in [5.41, 5.74) is 1.24. The van der Waals surface area contributed by atoms with Gasteiger partial charge < -0.3 is 4.74 Å². The predicted octanol–water partition coefficient (Wildman–Crippen LogP) is 1.70. The number of fused-ring (bicyclic) bond motifs is 3. The van der Waals surface area contributed by atoms with E-state index >= 15 is 0 Å². The van der Waals surface area contributed by atoms with Crippen molar-refractivity contribution in [1.29, 1.82) is 0 Å². The number of carbonyl (C=O) groups excluding carboxylic acids is 1. The monoisotopic (exact) mass is 392 g/mol. The summed E-state index contributed by atoms with van der Waals surface area (Å²) in [4.78, 5) is 24.7. The lowest BCUT2D eigenvalue weighted by Gasteiger charge is -2.06. The summed E-state index contributed by atoms with van der Waals surface area (Å²) >= 11 is 7.43. The number of ether oxygens (including phenoxy) is 1. The number of aryl methyl sites for hydroxylation is 3. The van der Waals surface area contributed by atoms with Crippen LogP contribution in [0.15, 0.2) is 16.2 Å². The van der Waals surface area contributed by atoms with Gasteiger partial charge in [0, 0.05) is 14.1 Å². The van der Waals surface area contributed by atoms with E-state index in [2.05, 4.69) is 15.3 Å². The van der Waals surface area contributed by atoms with Crippen molar-refractivity contribution in [1.82, 2.24) is 28.9 Å². The van der Waals surface area contributed by atoms with Gasteiger partial charge in [-0.25, -0.2) is 4.79 Å². The summed E-state index contributed by atoms with van der Waals surface area (Å²) in [6, 6.07) is 1.81. The van der Waals surface area contributed by atoms with E-state index < -0.39 is 5.97 Å². The summed E-state index contributed by atoms with van der Waals surface area (Å²) in [7, 11) is 3.27. The van der Waals surface area contributed by atoms with Crippen molar-refractivity contribution < 1.29 is 9.53 Å². The van der Waals surface area contributed by atoms with Crippen LogP contribution in [0.1, 0.15) is 21.9 Å². The Bertz CT molecular complexity index is 1230. The zero-order valence-corrected chi connectivity index (χ0v) is 15.6. The quantitative estimate of drug-likeness (QED) is 0.492. The fourth-order valence-electron chi connectivity index (χ4n) is 2.81. The minimum Gasteiger partial charge on any atom is -0.454 e. The third kappa shape index (κ3) is 2.33. The number of halogens is 1. The van der Waals surface area contributed by atoms with Crippen LogP contribution in [0.25, 0.3) is 16.0 Å². The maximum Gasteiger partial charge on any atom is 0.343 e. The first-order valence-corrected chi connectivity index (χ1v) is 8.82. The van der Waals surface area contributed by atoms with E-state index in [1.165, 1.54) is 20.6 Å². The van der Waals surface area contributed by atoms with E-state index in [9.17, 15) is 9.59 Å². The van der Waals surface area contributed by atoms with Gasteiger partial charge in [0.15, 0.2) is 12.4 Å². The van der Waals surface area contributed by atoms with Gasteiger partial charge in [0.1, 0.15) is 15.4 Å². The SMILES string of the molecule is Cc1nn(C)c(Cl)c1C(=O)OCc1nnc2n(C)c(=O)c3sccc3n12. The van der Waals surface area contributed by atoms with Gasteiger partial charge in [-0.2, -0.15) is 5.10 Å². The Kier molecular flexibility index (Phi) is 3.81. The average molecular weight is 393 g/mol. The molecule has 9 nitrogen and oxygen atoms in total. The summed E-state index contributed by atoms with van der Waals surface area (Å²) in [5, 5.41) is 14.2. The molecule has 0 radical (unpaired) electrons. The zero-order valence-electron chi connectivity index (χ0n) is 14.1. The van der Waals surface area contributed by atoms with Crippen molar-refractivity contribution in [2.45, 2.75) is 13.5 Å². The molecule has 0 saturated carbocycles. The van der Waals surface area contributed by atoms with Crippen LogP contribution < -0.4 is 5.56 Å². The molecule has 0 N–H and O–H groups in total. The first-order valence-electron chi connectivity index (χ1n) is 7.56. The normalized spacial score (nSPS) is 11.5. The topological polar surface area (TPSA) is 96.3 Å². The highest BCUT2D eigenvalue weighted by Gasteiger charge is 2.22. The van der Waals surface area contributed by atoms with Crippen LogP contribution in [0.2, 0.25) is 5.15 Å². The molecule has 0 aliphatic rings. The van der Waals surface area contributed by atoms with Crippen LogP contribution in [-0.4, -0.2) is 34.9 Å². The molecule has 0 aromatic carbocycles. The Balaban J connectivity index is 1.72. The lowest BCUT2D eigenvalue weighted by Crippen LogP contribution is -2.19. The van der Waals surface area contributed by atoms with Crippen molar-refractivity contribution in [3.8, 4) is 0 Å². The van der Waals surface area contributed by atoms with Crippen molar-refractivity contribution >= 4 is 44.9 Å². The Morgan fingerprint density at radius 3 is 2.81 bits per heavy atom. The van der Waals surface area contributed by atoms with Crippen LogP contribution in [-0.2, 0) is 25.4 Å². The van der Waals surface area contributed by atoms with E-state index in [4.69, 9.17) is 16.3 Å². The molecule has 0 saturated heterocycles. The maximum absolute atomic E-state index is 12.4. The Hall–Kier alpha value is -2.72. The minimum absolute atomic E-state index is 0.117. The number of carbonyl (C=O) groups is 1. The van der Waals surface area contributed by atoms with Gasteiger partial charge >= 0.3 is 5.97 Å². The Morgan fingerprint density at radius 1 is 1.35 bits per heavy atom. The van der Waals surface area contributed by atoms with Crippen LogP contribution in [0.5, 0.6) is 0 Å². The molecule has 0 amide bonds. The van der Waals surface area contributed by atoms with Crippen molar-refractivity contribution in [2.24, 2.45) is 14.1 Å².